The zero-order chi connectivity index (χ0) is 8.57. The van der Waals surface area contributed by atoms with Crippen molar-refractivity contribution in [2.45, 2.75) is 0 Å². The molecular formula is C4H5ClO5. The second-order valence-electron chi connectivity index (χ2n) is 1.01. The highest BCUT2D eigenvalue weighted by atomic mass is 35.5. The summed E-state index contributed by atoms with van der Waals surface area (Å²) in [7, 11) is 0. The number of carboxylic acid groups (broad SMARTS) is 2. The fourth-order valence-electron chi connectivity index (χ4n) is 0.143. The average Bonchev–Trinajstić information content (AvgIpc) is 1.89. The van der Waals surface area contributed by atoms with E-state index in [1.807, 2.05) is 0 Å². The molecule has 0 aromatic carbocycles. The van der Waals surface area contributed by atoms with Crippen LogP contribution in [0.2, 0.25) is 0 Å². The van der Waals surface area contributed by atoms with Crippen molar-refractivity contribution in [3.63, 3.8) is 0 Å². The van der Waals surface area contributed by atoms with Gasteiger partial charge in [0.05, 0.1) is 11.9 Å². The summed E-state index contributed by atoms with van der Waals surface area (Å²) < 4.78 is 6.47. The summed E-state index contributed by atoms with van der Waals surface area (Å²) in [4.78, 5) is 19.1. The van der Waals surface area contributed by atoms with Gasteiger partial charge in [0.2, 0.25) is 0 Å². The van der Waals surface area contributed by atoms with Crippen molar-refractivity contribution < 1.29 is 24.5 Å². The van der Waals surface area contributed by atoms with Crippen LogP contribution in [0.1, 0.15) is 0 Å². The van der Waals surface area contributed by atoms with Gasteiger partial charge in [0, 0.05) is 12.2 Å². The lowest BCUT2D eigenvalue weighted by molar-refractivity contribution is -0.134. The summed E-state index contributed by atoms with van der Waals surface area (Å²) in [6.45, 7) is 0. The minimum atomic E-state index is -1.26. The quantitative estimate of drug-likeness (QED) is 0.498. The average molecular weight is 169 g/mol. The highest BCUT2D eigenvalue weighted by Crippen LogP contribution is 1.70. The Kier molecular flexibility index (Phi) is 9.27. The van der Waals surface area contributed by atoms with Crippen LogP contribution in [-0.4, -0.2) is 26.8 Å². The first-order chi connectivity index (χ1) is 4.63. The molecule has 0 aromatic heterocycles. The van der Waals surface area contributed by atoms with Gasteiger partial charge in [0.15, 0.2) is 0 Å². The lowest BCUT2D eigenvalue weighted by atomic mass is 10.5. The van der Waals surface area contributed by atoms with Gasteiger partial charge in [-0.2, -0.15) is 0 Å². The standard InChI is InChI=1S/C4H4O4.ClHO/c5-3(6)1-2-4(7)8;1-2/h1-2H,(H,5,6)(H,7,8);2H/b2-1-;. The molecule has 58 valence electrons. The third-order valence-electron chi connectivity index (χ3n) is 0.368. The Morgan fingerprint density at radius 2 is 1.20 bits per heavy atom. The molecule has 0 fully saturated rings. The smallest absolute Gasteiger partial charge is 0.328 e. The fourth-order valence-corrected chi connectivity index (χ4v) is 0.143. The Hall–Kier alpha value is -1.07. The number of halogens is 1. The lowest BCUT2D eigenvalue weighted by Crippen LogP contribution is -1.91. The topological polar surface area (TPSA) is 94.8 Å². The number of hydrogen-bond donors (Lipinski definition) is 3. The van der Waals surface area contributed by atoms with Crippen LogP contribution in [0.25, 0.3) is 0 Å². The van der Waals surface area contributed by atoms with Crippen molar-refractivity contribution in [2.75, 3.05) is 0 Å². The van der Waals surface area contributed by atoms with Crippen molar-refractivity contribution in [2.24, 2.45) is 0 Å². The molecule has 10 heavy (non-hydrogen) atoms. The van der Waals surface area contributed by atoms with E-state index < -0.39 is 11.9 Å². The molecule has 0 spiro atoms. The van der Waals surface area contributed by atoms with Crippen molar-refractivity contribution in [1.82, 2.24) is 0 Å². The molecule has 0 rings (SSSR count). The molecule has 0 atom stereocenters. The second kappa shape index (κ2) is 7.93. The molecule has 0 unspecified atom stereocenters. The summed E-state index contributed by atoms with van der Waals surface area (Å²) in [5.74, 6) is -2.51. The molecule has 0 radical (unpaired) electrons. The molecule has 0 bridgehead atoms. The zero-order valence-corrected chi connectivity index (χ0v) is 5.45. The highest BCUT2D eigenvalue weighted by molar-refractivity contribution is 6.04. The van der Waals surface area contributed by atoms with Crippen LogP contribution >= 0.6 is 11.9 Å². The van der Waals surface area contributed by atoms with E-state index in [1.165, 1.54) is 0 Å². The van der Waals surface area contributed by atoms with Gasteiger partial charge in [0.1, 0.15) is 0 Å². The Balaban J connectivity index is 0. The van der Waals surface area contributed by atoms with Crippen LogP contribution in [0.5, 0.6) is 0 Å². The first-order valence-electron chi connectivity index (χ1n) is 1.94. The summed E-state index contributed by atoms with van der Waals surface area (Å²) in [5, 5.41) is 15.6. The van der Waals surface area contributed by atoms with E-state index in [4.69, 9.17) is 14.9 Å². The van der Waals surface area contributed by atoms with Crippen molar-refractivity contribution in [1.29, 1.82) is 0 Å². The molecule has 0 heterocycles. The maximum Gasteiger partial charge on any atom is 0.328 e. The number of aliphatic carboxylic acids is 2. The SMILES string of the molecule is O=C(O)/C=C\C(=O)O.OCl. The number of hydrogen-bond acceptors (Lipinski definition) is 3. The Bertz CT molecular complexity index is 125. The molecule has 0 aliphatic rings. The van der Waals surface area contributed by atoms with Crippen LogP contribution in [0.15, 0.2) is 12.2 Å². The normalized spacial score (nSPS) is 8.20. The molecule has 0 aliphatic carbocycles. The van der Waals surface area contributed by atoms with Crippen LogP contribution in [0, 0.1) is 0 Å². The Morgan fingerprint density at radius 1 is 1.00 bits per heavy atom. The van der Waals surface area contributed by atoms with Crippen LogP contribution in [-0.2, 0) is 9.59 Å². The molecule has 3 N–H and O–H groups in total. The van der Waals surface area contributed by atoms with E-state index in [0.29, 0.717) is 12.2 Å². The first kappa shape index (κ1) is 11.7. The Morgan fingerprint density at radius 3 is 1.30 bits per heavy atom. The number of rotatable bonds is 2. The predicted molar refractivity (Wildman–Crippen MR) is 32.5 cm³/mol. The van der Waals surface area contributed by atoms with Gasteiger partial charge in [0.25, 0.3) is 0 Å². The molecule has 0 aliphatic heterocycles. The van der Waals surface area contributed by atoms with Gasteiger partial charge < -0.3 is 10.2 Å². The largest absolute Gasteiger partial charge is 0.478 e. The van der Waals surface area contributed by atoms with E-state index in [-0.39, 0.29) is 0 Å². The van der Waals surface area contributed by atoms with E-state index in [2.05, 4.69) is 11.9 Å². The minimum Gasteiger partial charge on any atom is -0.478 e. The zero-order valence-electron chi connectivity index (χ0n) is 4.69. The highest BCUT2D eigenvalue weighted by Gasteiger charge is 1.88. The predicted octanol–water partition coefficient (Wildman–Crippen LogP) is -0.156. The summed E-state index contributed by atoms with van der Waals surface area (Å²) >= 11 is 3.64. The van der Waals surface area contributed by atoms with E-state index in [1.54, 1.807) is 0 Å². The summed E-state index contributed by atoms with van der Waals surface area (Å²) in [6, 6.07) is 0. The molecule has 0 saturated heterocycles. The summed E-state index contributed by atoms with van der Waals surface area (Å²) in [5.41, 5.74) is 0. The van der Waals surface area contributed by atoms with Gasteiger partial charge in [-0.1, -0.05) is 0 Å². The molecule has 0 amide bonds. The van der Waals surface area contributed by atoms with Gasteiger partial charge in [-0.3, -0.25) is 4.66 Å². The van der Waals surface area contributed by atoms with Gasteiger partial charge in [-0.05, 0) is 0 Å². The van der Waals surface area contributed by atoms with Crippen molar-refractivity contribution in [3.8, 4) is 0 Å². The van der Waals surface area contributed by atoms with Gasteiger partial charge in [-0.15, -0.1) is 0 Å². The molecular weight excluding hydrogens is 163 g/mol. The Labute approximate surface area is 61.3 Å². The van der Waals surface area contributed by atoms with E-state index in [9.17, 15) is 9.59 Å². The number of carbonyl (C=O) groups is 2. The van der Waals surface area contributed by atoms with Crippen LogP contribution in [0.3, 0.4) is 0 Å². The summed E-state index contributed by atoms with van der Waals surface area (Å²) in [6.07, 6.45) is 1.12. The van der Waals surface area contributed by atoms with Crippen LogP contribution in [0.4, 0.5) is 0 Å². The third-order valence-corrected chi connectivity index (χ3v) is 0.368. The van der Waals surface area contributed by atoms with E-state index >= 15 is 0 Å². The van der Waals surface area contributed by atoms with Crippen molar-refractivity contribution in [3.05, 3.63) is 12.2 Å². The van der Waals surface area contributed by atoms with Gasteiger partial charge >= 0.3 is 11.9 Å². The fraction of sp³-hybridized carbons (Fsp3) is 0. The minimum absolute atomic E-state index is 0.558. The maximum absolute atomic E-state index is 9.55. The second-order valence-corrected chi connectivity index (χ2v) is 1.01. The van der Waals surface area contributed by atoms with Crippen LogP contribution < -0.4 is 0 Å². The van der Waals surface area contributed by atoms with E-state index in [0.717, 1.165) is 0 Å². The third kappa shape index (κ3) is 15.8. The monoisotopic (exact) mass is 168 g/mol. The maximum atomic E-state index is 9.55. The molecule has 5 nitrogen and oxygen atoms in total. The molecule has 0 aromatic rings. The first-order valence-corrected chi connectivity index (χ1v) is 2.27. The lowest BCUT2D eigenvalue weighted by Gasteiger charge is -1.74. The number of carboxylic acids is 2. The van der Waals surface area contributed by atoms with Crippen molar-refractivity contribution >= 4 is 23.8 Å². The molecule has 6 heteroatoms. The molecule has 0 saturated carbocycles. The van der Waals surface area contributed by atoms with Gasteiger partial charge in [-0.25, -0.2) is 9.59 Å².